The number of allylic oxidation sites excluding steroid dienone is 4. The van der Waals surface area contributed by atoms with Gasteiger partial charge in [0, 0.05) is 16.4 Å². The van der Waals surface area contributed by atoms with Crippen molar-refractivity contribution in [3.05, 3.63) is 75.8 Å². The molecule has 0 N–H and O–H groups in total. The number of carbonyl (C=O) groups excluding carboxylic acids is 1. The molecule has 2 unspecified atom stereocenters. The molecule has 1 fully saturated rings. The first-order chi connectivity index (χ1) is 10.7. The van der Waals surface area contributed by atoms with Gasteiger partial charge in [0.2, 0.25) is 0 Å². The maximum absolute atomic E-state index is 12.3. The van der Waals surface area contributed by atoms with Crippen LogP contribution in [0.5, 0.6) is 0 Å². The van der Waals surface area contributed by atoms with Crippen LogP contribution in [0.4, 0.5) is 0 Å². The molecule has 1 saturated carbocycles. The Labute approximate surface area is 134 Å². The standard InChI is InChI=1S/C19H17NOS/c1-13-5-7-14(8-6-13)16(21)10-18-20-17(12-22-18)19-9-3-2-4-15(19)11-19/h2-9,12,15H,10-11H2,1H3. The summed E-state index contributed by atoms with van der Waals surface area (Å²) in [7, 11) is 0. The van der Waals surface area contributed by atoms with Gasteiger partial charge in [0.1, 0.15) is 5.01 Å². The SMILES string of the molecule is Cc1ccc(C(=O)Cc2nc(C34C=CC=CC3C4)cs2)cc1. The fraction of sp³-hybridized carbons (Fsp3) is 0.263. The van der Waals surface area contributed by atoms with Crippen LogP contribution in [0, 0.1) is 12.8 Å². The zero-order valence-corrected chi connectivity index (χ0v) is 13.3. The smallest absolute Gasteiger partial charge is 0.169 e. The molecule has 1 aromatic carbocycles. The normalized spacial score (nSPS) is 25.0. The lowest BCUT2D eigenvalue weighted by molar-refractivity contribution is 0.0993. The molecule has 2 aliphatic carbocycles. The van der Waals surface area contributed by atoms with Crippen molar-refractivity contribution < 1.29 is 4.79 Å². The number of thiazole rings is 1. The van der Waals surface area contributed by atoms with E-state index in [0.29, 0.717) is 12.3 Å². The Morgan fingerprint density at radius 3 is 2.91 bits per heavy atom. The number of Topliss-reactive ketones (excluding diaryl/α,β-unsaturated/α-hetero) is 1. The average Bonchev–Trinajstić information content (AvgIpc) is 3.11. The molecule has 110 valence electrons. The number of carbonyl (C=O) groups is 1. The number of hydrogen-bond donors (Lipinski definition) is 0. The van der Waals surface area contributed by atoms with Gasteiger partial charge in [-0.1, -0.05) is 54.1 Å². The summed E-state index contributed by atoms with van der Waals surface area (Å²) in [6.07, 6.45) is 10.3. The molecule has 0 amide bonds. The van der Waals surface area contributed by atoms with Crippen molar-refractivity contribution in [3.63, 3.8) is 0 Å². The molecule has 0 bridgehead atoms. The molecule has 3 heteroatoms. The maximum atomic E-state index is 12.3. The molecule has 2 nitrogen and oxygen atoms in total. The van der Waals surface area contributed by atoms with E-state index in [1.165, 1.54) is 5.56 Å². The van der Waals surface area contributed by atoms with Crippen LogP contribution in [0.3, 0.4) is 0 Å². The second-order valence-electron chi connectivity index (χ2n) is 6.19. The van der Waals surface area contributed by atoms with Gasteiger partial charge in [0.05, 0.1) is 12.1 Å². The summed E-state index contributed by atoms with van der Waals surface area (Å²) >= 11 is 1.60. The number of hydrogen-bond acceptors (Lipinski definition) is 3. The van der Waals surface area contributed by atoms with Gasteiger partial charge in [0.25, 0.3) is 0 Å². The van der Waals surface area contributed by atoms with Crippen molar-refractivity contribution >= 4 is 17.1 Å². The maximum Gasteiger partial charge on any atom is 0.169 e. The van der Waals surface area contributed by atoms with Crippen molar-refractivity contribution in [2.24, 2.45) is 5.92 Å². The molecular weight excluding hydrogens is 290 g/mol. The van der Waals surface area contributed by atoms with Crippen LogP contribution < -0.4 is 0 Å². The molecule has 0 spiro atoms. The average molecular weight is 307 g/mol. The summed E-state index contributed by atoms with van der Waals surface area (Å²) in [5, 5.41) is 3.05. The van der Waals surface area contributed by atoms with Gasteiger partial charge >= 0.3 is 0 Å². The summed E-state index contributed by atoms with van der Waals surface area (Å²) in [6.45, 7) is 2.03. The minimum absolute atomic E-state index is 0.121. The van der Waals surface area contributed by atoms with Crippen molar-refractivity contribution in [1.82, 2.24) is 4.98 Å². The van der Waals surface area contributed by atoms with Crippen LogP contribution in [-0.2, 0) is 11.8 Å². The molecule has 22 heavy (non-hydrogen) atoms. The molecule has 2 atom stereocenters. The third-order valence-electron chi connectivity index (χ3n) is 4.62. The van der Waals surface area contributed by atoms with Gasteiger partial charge in [-0.05, 0) is 19.3 Å². The van der Waals surface area contributed by atoms with Gasteiger partial charge < -0.3 is 0 Å². The first kappa shape index (κ1) is 13.6. The van der Waals surface area contributed by atoms with E-state index in [4.69, 9.17) is 4.98 Å². The van der Waals surface area contributed by atoms with E-state index in [9.17, 15) is 4.79 Å². The van der Waals surface area contributed by atoms with Crippen LogP contribution in [0.25, 0.3) is 0 Å². The summed E-state index contributed by atoms with van der Waals surface area (Å²) in [5.41, 5.74) is 3.19. The van der Waals surface area contributed by atoms with E-state index in [-0.39, 0.29) is 11.2 Å². The Morgan fingerprint density at radius 2 is 2.14 bits per heavy atom. The summed E-state index contributed by atoms with van der Waals surface area (Å²) < 4.78 is 0. The lowest BCUT2D eigenvalue weighted by Crippen LogP contribution is -2.09. The van der Waals surface area contributed by atoms with E-state index in [1.54, 1.807) is 11.3 Å². The van der Waals surface area contributed by atoms with E-state index >= 15 is 0 Å². The largest absolute Gasteiger partial charge is 0.294 e. The van der Waals surface area contributed by atoms with Crippen LogP contribution in [-0.4, -0.2) is 10.8 Å². The van der Waals surface area contributed by atoms with Gasteiger partial charge in [-0.25, -0.2) is 4.98 Å². The predicted molar refractivity (Wildman–Crippen MR) is 89.4 cm³/mol. The minimum Gasteiger partial charge on any atom is -0.294 e. The monoisotopic (exact) mass is 307 g/mol. The van der Waals surface area contributed by atoms with Gasteiger partial charge in [-0.3, -0.25) is 4.79 Å². The number of benzene rings is 1. The molecule has 2 aromatic rings. The number of rotatable bonds is 4. The Balaban J connectivity index is 1.51. The predicted octanol–water partition coefficient (Wildman–Crippen LogP) is 4.26. The van der Waals surface area contributed by atoms with Crippen molar-refractivity contribution in [2.45, 2.75) is 25.2 Å². The number of aromatic nitrogens is 1. The highest BCUT2D eigenvalue weighted by Gasteiger charge is 2.54. The molecule has 1 heterocycles. The number of fused-ring (bicyclic) bond motifs is 1. The number of ketones is 1. The summed E-state index contributed by atoms with van der Waals surface area (Å²) in [4.78, 5) is 17.1. The zero-order valence-electron chi connectivity index (χ0n) is 12.5. The third kappa shape index (κ3) is 2.26. The lowest BCUT2D eigenvalue weighted by atomic mass is 9.96. The van der Waals surface area contributed by atoms with Crippen molar-refractivity contribution in [3.8, 4) is 0 Å². The van der Waals surface area contributed by atoms with Crippen LogP contribution in [0.15, 0.2) is 53.9 Å². The Bertz CT molecular complexity index is 784. The molecule has 0 radical (unpaired) electrons. The van der Waals surface area contributed by atoms with Crippen LogP contribution in [0.2, 0.25) is 0 Å². The van der Waals surface area contributed by atoms with Crippen molar-refractivity contribution in [2.75, 3.05) is 0 Å². The second-order valence-corrected chi connectivity index (χ2v) is 7.13. The van der Waals surface area contributed by atoms with Crippen molar-refractivity contribution in [1.29, 1.82) is 0 Å². The van der Waals surface area contributed by atoms with E-state index < -0.39 is 0 Å². The topological polar surface area (TPSA) is 30.0 Å². The molecule has 4 rings (SSSR count). The van der Waals surface area contributed by atoms with E-state index in [0.717, 1.165) is 22.7 Å². The van der Waals surface area contributed by atoms with E-state index in [1.807, 2.05) is 31.2 Å². The highest BCUT2D eigenvalue weighted by atomic mass is 32.1. The molecule has 0 aliphatic heterocycles. The summed E-state index contributed by atoms with van der Waals surface area (Å²) in [6, 6.07) is 7.76. The lowest BCUT2D eigenvalue weighted by Gasteiger charge is -2.10. The first-order valence-corrected chi connectivity index (χ1v) is 8.46. The quantitative estimate of drug-likeness (QED) is 0.790. The fourth-order valence-corrected chi connectivity index (χ4v) is 4.01. The molecular formula is C19H17NOS. The molecule has 1 aromatic heterocycles. The minimum atomic E-state index is 0.121. The number of nitrogens with zero attached hydrogens (tertiary/aromatic N) is 1. The first-order valence-electron chi connectivity index (χ1n) is 7.58. The second kappa shape index (κ2) is 5.03. The van der Waals surface area contributed by atoms with Gasteiger partial charge in [0.15, 0.2) is 5.78 Å². The highest BCUT2D eigenvalue weighted by Crippen LogP contribution is 2.57. The van der Waals surface area contributed by atoms with E-state index in [2.05, 4.69) is 29.7 Å². The van der Waals surface area contributed by atoms with Gasteiger partial charge in [-0.15, -0.1) is 11.3 Å². The van der Waals surface area contributed by atoms with Gasteiger partial charge in [-0.2, -0.15) is 0 Å². The Morgan fingerprint density at radius 1 is 1.32 bits per heavy atom. The fourth-order valence-electron chi connectivity index (χ4n) is 3.13. The zero-order chi connectivity index (χ0) is 15.2. The van der Waals surface area contributed by atoms with Crippen LogP contribution in [0.1, 0.15) is 33.0 Å². The molecule has 2 aliphatic rings. The Kier molecular flexibility index (Phi) is 3.12. The highest BCUT2D eigenvalue weighted by molar-refractivity contribution is 7.09. The van der Waals surface area contributed by atoms with Crippen LogP contribution >= 0.6 is 11.3 Å². The Hall–Kier alpha value is -2.00. The third-order valence-corrected chi connectivity index (χ3v) is 5.47. The number of aryl methyl sites for hydroxylation is 1. The molecule has 0 saturated heterocycles. The summed E-state index contributed by atoms with van der Waals surface area (Å²) in [5.74, 6) is 0.741.